The van der Waals surface area contributed by atoms with Gasteiger partial charge < -0.3 is 15.0 Å². The minimum atomic E-state index is -0.305. The molecule has 6 nitrogen and oxygen atoms in total. The van der Waals surface area contributed by atoms with Gasteiger partial charge in [-0.1, -0.05) is 36.2 Å². The van der Waals surface area contributed by atoms with Gasteiger partial charge in [-0.25, -0.2) is 14.8 Å². The summed E-state index contributed by atoms with van der Waals surface area (Å²) in [5, 5.41) is 3.96. The zero-order chi connectivity index (χ0) is 18.5. The van der Waals surface area contributed by atoms with Gasteiger partial charge in [-0.2, -0.15) is 0 Å². The molecule has 1 amide bonds. The molecule has 7 heteroatoms. The summed E-state index contributed by atoms with van der Waals surface area (Å²) in [6.45, 7) is 5.27. The fraction of sp³-hybridized carbons (Fsp3) is 0.421. The highest BCUT2D eigenvalue weighted by Gasteiger charge is 2.25. The van der Waals surface area contributed by atoms with Crippen molar-refractivity contribution in [2.24, 2.45) is 0 Å². The number of rotatable bonds is 4. The highest BCUT2D eigenvalue weighted by atomic mass is 35.5. The van der Waals surface area contributed by atoms with Crippen LogP contribution in [0.5, 0.6) is 5.75 Å². The van der Waals surface area contributed by atoms with E-state index in [0.717, 1.165) is 30.5 Å². The second-order valence-corrected chi connectivity index (χ2v) is 6.80. The minimum absolute atomic E-state index is 0.218. The van der Waals surface area contributed by atoms with Crippen molar-refractivity contribution in [3.05, 3.63) is 46.9 Å². The summed E-state index contributed by atoms with van der Waals surface area (Å²) in [4.78, 5) is 22.4. The number of nitrogens with one attached hydrogen (secondary N) is 1. The van der Waals surface area contributed by atoms with Crippen molar-refractivity contribution >= 4 is 23.5 Å². The van der Waals surface area contributed by atoms with E-state index in [-0.39, 0.29) is 12.1 Å². The Morgan fingerprint density at radius 2 is 1.96 bits per heavy atom. The molecule has 1 N–H and O–H groups in total. The molecule has 0 atom stereocenters. The second kappa shape index (κ2) is 8.36. The van der Waals surface area contributed by atoms with Crippen LogP contribution in [-0.4, -0.2) is 40.1 Å². The number of carbonyl (C=O) groups excluding carboxylic acids is 1. The summed E-state index contributed by atoms with van der Waals surface area (Å²) in [5.41, 5.74) is 1.97. The van der Waals surface area contributed by atoms with Crippen LogP contribution in [0.15, 0.2) is 30.6 Å². The summed E-state index contributed by atoms with van der Waals surface area (Å²) >= 11 is 6.34. The van der Waals surface area contributed by atoms with E-state index in [0.29, 0.717) is 29.7 Å². The average molecular weight is 375 g/mol. The molecular weight excluding hydrogens is 352 g/mol. The van der Waals surface area contributed by atoms with Gasteiger partial charge >= 0.3 is 6.09 Å². The Balaban J connectivity index is 1.52. The first-order valence-corrected chi connectivity index (χ1v) is 9.24. The maximum absolute atomic E-state index is 12.3. The molecule has 138 valence electrons. The van der Waals surface area contributed by atoms with E-state index in [4.69, 9.17) is 16.3 Å². The maximum atomic E-state index is 12.3. The number of carbonyl (C=O) groups is 1. The van der Waals surface area contributed by atoms with E-state index >= 15 is 0 Å². The number of likely N-dealkylation sites (tertiary alicyclic amines) is 1. The molecule has 1 aliphatic heterocycles. The molecule has 0 spiro atoms. The van der Waals surface area contributed by atoms with Crippen molar-refractivity contribution in [3.8, 4) is 5.75 Å². The summed E-state index contributed by atoms with van der Waals surface area (Å²) in [6, 6.07) is 7.69. The van der Waals surface area contributed by atoms with Gasteiger partial charge in [0.2, 0.25) is 0 Å². The summed E-state index contributed by atoms with van der Waals surface area (Å²) in [7, 11) is 0. The molecule has 3 rings (SSSR count). The zero-order valence-electron chi connectivity index (χ0n) is 15.0. The number of aromatic nitrogens is 2. The second-order valence-electron chi connectivity index (χ2n) is 6.42. The predicted molar refractivity (Wildman–Crippen MR) is 102 cm³/mol. The third kappa shape index (κ3) is 4.43. The summed E-state index contributed by atoms with van der Waals surface area (Å²) in [5.74, 6) is 1.24. The van der Waals surface area contributed by atoms with E-state index < -0.39 is 0 Å². The Morgan fingerprint density at radius 3 is 2.62 bits per heavy atom. The largest absolute Gasteiger partial charge is 0.415 e. The Labute approximate surface area is 158 Å². The zero-order valence-corrected chi connectivity index (χ0v) is 15.8. The van der Waals surface area contributed by atoms with Crippen molar-refractivity contribution in [2.45, 2.75) is 39.2 Å². The van der Waals surface area contributed by atoms with Crippen LogP contribution in [-0.2, 0) is 6.42 Å². The van der Waals surface area contributed by atoms with Crippen LogP contribution in [0.3, 0.4) is 0 Å². The van der Waals surface area contributed by atoms with Gasteiger partial charge in [-0.3, -0.25) is 0 Å². The van der Waals surface area contributed by atoms with Gasteiger partial charge in [0.15, 0.2) is 0 Å². The van der Waals surface area contributed by atoms with Gasteiger partial charge in [-0.15, -0.1) is 0 Å². The van der Waals surface area contributed by atoms with Crippen LogP contribution < -0.4 is 10.1 Å². The Hall–Kier alpha value is -2.34. The number of amides is 1. The number of hydrogen-bond acceptors (Lipinski definition) is 5. The number of hydrogen-bond donors (Lipinski definition) is 1. The van der Waals surface area contributed by atoms with E-state index in [1.54, 1.807) is 4.90 Å². The molecule has 1 saturated heterocycles. The minimum Gasteiger partial charge on any atom is -0.410 e. The van der Waals surface area contributed by atoms with Gasteiger partial charge in [0.25, 0.3) is 0 Å². The monoisotopic (exact) mass is 374 g/mol. The number of nitrogens with zero attached hydrogens (tertiary/aromatic N) is 3. The third-order valence-corrected chi connectivity index (χ3v) is 4.91. The van der Waals surface area contributed by atoms with Crippen molar-refractivity contribution in [1.29, 1.82) is 0 Å². The predicted octanol–water partition coefficient (Wildman–Crippen LogP) is 4.08. The topological polar surface area (TPSA) is 67.4 Å². The molecule has 0 unspecified atom stereocenters. The number of halogens is 1. The highest BCUT2D eigenvalue weighted by Crippen LogP contribution is 2.25. The van der Waals surface area contributed by atoms with Gasteiger partial charge in [-0.05, 0) is 38.3 Å². The third-order valence-electron chi connectivity index (χ3n) is 4.52. The van der Waals surface area contributed by atoms with Crippen molar-refractivity contribution < 1.29 is 9.53 Å². The normalized spacial score (nSPS) is 15.0. The molecule has 1 aromatic carbocycles. The Bertz CT molecular complexity index is 759. The first-order valence-electron chi connectivity index (χ1n) is 8.86. The van der Waals surface area contributed by atoms with Gasteiger partial charge in [0.05, 0.1) is 5.69 Å². The lowest BCUT2D eigenvalue weighted by atomic mass is 10.1. The molecule has 0 bridgehead atoms. The Morgan fingerprint density at radius 1 is 1.27 bits per heavy atom. The van der Waals surface area contributed by atoms with Crippen LogP contribution in [0.25, 0.3) is 0 Å². The van der Waals surface area contributed by atoms with E-state index in [1.807, 2.05) is 38.1 Å². The van der Waals surface area contributed by atoms with E-state index in [1.165, 1.54) is 6.33 Å². The first-order chi connectivity index (χ1) is 12.6. The smallest absolute Gasteiger partial charge is 0.410 e. The van der Waals surface area contributed by atoms with Gasteiger partial charge in [0, 0.05) is 19.1 Å². The lowest BCUT2D eigenvalue weighted by Crippen LogP contribution is -2.43. The van der Waals surface area contributed by atoms with Crippen LogP contribution in [0, 0.1) is 6.92 Å². The van der Waals surface area contributed by atoms with Crippen molar-refractivity contribution in [1.82, 2.24) is 14.9 Å². The number of benzene rings is 1. The summed E-state index contributed by atoms with van der Waals surface area (Å²) in [6.07, 6.45) is 3.61. The highest BCUT2D eigenvalue weighted by molar-refractivity contribution is 6.33. The molecule has 0 saturated carbocycles. The van der Waals surface area contributed by atoms with Crippen LogP contribution >= 0.6 is 11.6 Å². The molecule has 2 heterocycles. The lowest BCUT2D eigenvalue weighted by molar-refractivity contribution is 0.140. The molecule has 0 radical (unpaired) electrons. The van der Waals surface area contributed by atoms with E-state index in [9.17, 15) is 4.79 Å². The first kappa shape index (κ1) is 18.5. The molecule has 2 aromatic rings. The van der Waals surface area contributed by atoms with Crippen LogP contribution in [0.1, 0.15) is 31.0 Å². The van der Waals surface area contributed by atoms with Gasteiger partial charge in [0.1, 0.15) is 22.9 Å². The van der Waals surface area contributed by atoms with Crippen molar-refractivity contribution in [2.75, 3.05) is 18.4 Å². The van der Waals surface area contributed by atoms with Crippen molar-refractivity contribution in [3.63, 3.8) is 0 Å². The Kier molecular flexibility index (Phi) is 5.93. The standard InChI is InChI=1S/C19H23ClN4O2/c1-3-16-17(20)18(22-12-21-16)23-14-8-10-24(11-9-14)19(25)26-15-6-4-13(2)5-7-15/h4-7,12,14H,3,8-11H2,1-2H3,(H,21,22,23). The average Bonchev–Trinajstić information content (AvgIpc) is 2.66. The quantitative estimate of drug-likeness (QED) is 0.873. The molecule has 26 heavy (non-hydrogen) atoms. The summed E-state index contributed by atoms with van der Waals surface area (Å²) < 4.78 is 5.44. The molecule has 1 aliphatic rings. The molecule has 1 aromatic heterocycles. The molecule has 0 aliphatic carbocycles. The van der Waals surface area contributed by atoms with Crippen LogP contribution in [0.2, 0.25) is 5.02 Å². The fourth-order valence-corrected chi connectivity index (χ4v) is 3.21. The number of ether oxygens (including phenoxy) is 1. The number of anilines is 1. The maximum Gasteiger partial charge on any atom is 0.415 e. The fourth-order valence-electron chi connectivity index (χ4n) is 2.92. The van der Waals surface area contributed by atoms with E-state index in [2.05, 4.69) is 15.3 Å². The SMILES string of the molecule is CCc1ncnc(NC2CCN(C(=O)Oc3ccc(C)cc3)CC2)c1Cl. The van der Waals surface area contributed by atoms with Crippen LogP contribution in [0.4, 0.5) is 10.6 Å². The molecule has 1 fully saturated rings. The number of piperidine rings is 1. The lowest BCUT2D eigenvalue weighted by Gasteiger charge is -2.32. The number of aryl methyl sites for hydroxylation is 2. The molecular formula is C19H23ClN4O2.